The second-order valence-electron chi connectivity index (χ2n) is 6.61. The van der Waals surface area contributed by atoms with E-state index < -0.39 is 0 Å². The van der Waals surface area contributed by atoms with Crippen LogP contribution in [0.5, 0.6) is 0 Å². The van der Waals surface area contributed by atoms with Gasteiger partial charge in [-0.05, 0) is 25.8 Å². The van der Waals surface area contributed by atoms with Crippen molar-refractivity contribution in [2.24, 2.45) is 0 Å². The van der Waals surface area contributed by atoms with Crippen LogP contribution in [0, 0.1) is 0 Å². The number of hydrogen-bond donors (Lipinski definition) is 0. The maximum absolute atomic E-state index is 12.6. The number of aromatic nitrogens is 3. The first-order valence-electron chi connectivity index (χ1n) is 9.10. The largest absolute Gasteiger partial charge is 0.339 e. The van der Waals surface area contributed by atoms with Gasteiger partial charge in [0.05, 0.1) is 6.54 Å². The average Bonchev–Trinajstić information content (AvgIpc) is 3.33. The molecule has 1 aliphatic rings. The van der Waals surface area contributed by atoms with Gasteiger partial charge in [0.2, 0.25) is 5.91 Å². The lowest BCUT2D eigenvalue weighted by molar-refractivity contribution is -0.133. The lowest BCUT2D eigenvalue weighted by atomic mass is 10.1. The molecule has 3 rings (SSSR count). The quantitative estimate of drug-likeness (QED) is 0.776. The van der Waals surface area contributed by atoms with E-state index in [1.165, 1.54) is 11.9 Å². The normalized spacial score (nSPS) is 19.0. The number of benzene rings is 1. The molecule has 1 aromatic heterocycles. The van der Waals surface area contributed by atoms with E-state index in [4.69, 9.17) is 0 Å². The van der Waals surface area contributed by atoms with E-state index in [1.54, 1.807) is 11.0 Å². The lowest BCUT2D eigenvalue weighted by Crippen LogP contribution is -2.42. The molecular weight excluding hydrogens is 314 g/mol. The highest BCUT2D eigenvalue weighted by molar-refractivity contribution is 5.76. The first kappa shape index (κ1) is 17.6. The maximum atomic E-state index is 12.6. The first-order chi connectivity index (χ1) is 12.2. The summed E-state index contributed by atoms with van der Waals surface area (Å²) in [6, 6.07) is 11.3. The Balaban J connectivity index is 1.56. The zero-order chi connectivity index (χ0) is 17.6. The summed E-state index contributed by atoms with van der Waals surface area (Å²) in [6.45, 7) is 7.64. The SMILES string of the molecule is CCN(C(=O)CCn1cncn1)[C@@H]1CCN([C@@H](C)c2ccccc2)C1. The van der Waals surface area contributed by atoms with Crippen molar-refractivity contribution in [3.63, 3.8) is 0 Å². The van der Waals surface area contributed by atoms with Crippen LogP contribution in [0.1, 0.15) is 38.3 Å². The van der Waals surface area contributed by atoms with Crippen LogP contribution in [0.2, 0.25) is 0 Å². The Labute approximate surface area is 149 Å². The lowest BCUT2D eigenvalue weighted by Gasteiger charge is -2.30. The molecule has 2 heterocycles. The third-order valence-corrected chi connectivity index (χ3v) is 5.15. The van der Waals surface area contributed by atoms with Gasteiger partial charge in [-0.1, -0.05) is 30.3 Å². The van der Waals surface area contributed by atoms with Crippen molar-refractivity contribution in [1.29, 1.82) is 0 Å². The number of hydrogen-bond acceptors (Lipinski definition) is 4. The fourth-order valence-corrected chi connectivity index (χ4v) is 3.66. The topological polar surface area (TPSA) is 54.3 Å². The average molecular weight is 341 g/mol. The van der Waals surface area contributed by atoms with Crippen molar-refractivity contribution in [2.45, 2.75) is 45.3 Å². The van der Waals surface area contributed by atoms with Gasteiger partial charge in [0.1, 0.15) is 12.7 Å². The molecule has 0 N–H and O–H groups in total. The summed E-state index contributed by atoms with van der Waals surface area (Å²) in [7, 11) is 0. The minimum absolute atomic E-state index is 0.206. The van der Waals surface area contributed by atoms with Gasteiger partial charge < -0.3 is 4.90 Å². The Bertz CT molecular complexity index is 658. The van der Waals surface area contributed by atoms with E-state index in [-0.39, 0.29) is 5.91 Å². The third kappa shape index (κ3) is 4.25. The highest BCUT2D eigenvalue weighted by Gasteiger charge is 2.32. The van der Waals surface area contributed by atoms with E-state index in [2.05, 4.69) is 59.2 Å². The van der Waals surface area contributed by atoms with Crippen LogP contribution in [0.4, 0.5) is 0 Å². The van der Waals surface area contributed by atoms with E-state index in [0.29, 0.717) is 25.0 Å². The van der Waals surface area contributed by atoms with Crippen LogP contribution in [0.15, 0.2) is 43.0 Å². The predicted octanol–water partition coefficient (Wildman–Crippen LogP) is 2.35. The molecule has 0 saturated carbocycles. The highest BCUT2D eigenvalue weighted by Crippen LogP contribution is 2.26. The van der Waals surface area contributed by atoms with Gasteiger partial charge in [-0.25, -0.2) is 4.98 Å². The van der Waals surface area contributed by atoms with Crippen LogP contribution < -0.4 is 0 Å². The molecule has 25 heavy (non-hydrogen) atoms. The van der Waals surface area contributed by atoms with Gasteiger partial charge in [-0.15, -0.1) is 0 Å². The summed E-state index contributed by atoms with van der Waals surface area (Å²) in [6.07, 6.45) is 4.67. The molecule has 6 nitrogen and oxygen atoms in total. The van der Waals surface area contributed by atoms with Crippen LogP contribution in [0.25, 0.3) is 0 Å². The molecule has 1 amide bonds. The van der Waals surface area contributed by atoms with Crippen molar-refractivity contribution in [2.75, 3.05) is 19.6 Å². The molecule has 1 aliphatic heterocycles. The summed E-state index contributed by atoms with van der Waals surface area (Å²) in [5, 5.41) is 4.07. The van der Waals surface area contributed by atoms with Crippen LogP contribution in [-0.4, -0.2) is 56.1 Å². The highest BCUT2D eigenvalue weighted by atomic mass is 16.2. The second kappa shape index (κ2) is 8.25. The molecule has 0 unspecified atom stereocenters. The minimum Gasteiger partial charge on any atom is -0.339 e. The molecule has 1 saturated heterocycles. The monoisotopic (exact) mass is 341 g/mol. The van der Waals surface area contributed by atoms with Gasteiger partial charge in [0.15, 0.2) is 0 Å². The van der Waals surface area contributed by atoms with Crippen molar-refractivity contribution in [1.82, 2.24) is 24.6 Å². The van der Waals surface area contributed by atoms with Crippen molar-refractivity contribution >= 4 is 5.91 Å². The van der Waals surface area contributed by atoms with Crippen molar-refractivity contribution in [3.05, 3.63) is 48.5 Å². The zero-order valence-corrected chi connectivity index (χ0v) is 15.1. The Morgan fingerprint density at radius 2 is 2.16 bits per heavy atom. The summed E-state index contributed by atoms with van der Waals surface area (Å²) >= 11 is 0. The molecule has 0 spiro atoms. The molecule has 0 bridgehead atoms. The van der Waals surface area contributed by atoms with E-state index >= 15 is 0 Å². The van der Waals surface area contributed by atoms with Gasteiger partial charge >= 0.3 is 0 Å². The van der Waals surface area contributed by atoms with Gasteiger partial charge in [0.25, 0.3) is 0 Å². The molecule has 0 aliphatic carbocycles. The van der Waals surface area contributed by atoms with Gasteiger partial charge in [0, 0.05) is 38.1 Å². The van der Waals surface area contributed by atoms with Crippen molar-refractivity contribution < 1.29 is 4.79 Å². The Kier molecular flexibility index (Phi) is 5.81. The molecule has 2 aromatic rings. The fraction of sp³-hybridized carbons (Fsp3) is 0.526. The minimum atomic E-state index is 0.206. The summed E-state index contributed by atoms with van der Waals surface area (Å²) in [5.74, 6) is 0.206. The standard InChI is InChI=1S/C19H27N5O/c1-3-24(19(25)10-12-23-15-20-14-21-23)18-9-11-22(13-18)16(2)17-7-5-4-6-8-17/h4-8,14-16,18H,3,9-13H2,1-2H3/t16-,18+/m0/s1. The van der Waals surface area contributed by atoms with Crippen LogP contribution >= 0.6 is 0 Å². The number of likely N-dealkylation sites (N-methyl/N-ethyl adjacent to an activating group) is 1. The third-order valence-electron chi connectivity index (χ3n) is 5.15. The number of carbonyl (C=O) groups is 1. The molecule has 1 aromatic carbocycles. The van der Waals surface area contributed by atoms with Crippen molar-refractivity contribution in [3.8, 4) is 0 Å². The summed E-state index contributed by atoms with van der Waals surface area (Å²) < 4.78 is 1.71. The molecule has 6 heteroatoms. The number of amides is 1. The fourth-order valence-electron chi connectivity index (χ4n) is 3.66. The maximum Gasteiger partial charge on any atom is 0.224 e. The van der Waals surface area contributed by atoms with Crippen LogP contribution in [0.3, 0.4) is 0 Å². The molecular formula is C19H27N5O. The summed E-state index contributed by atoms with van der Waals surface area (Å²) in [4.78, 5) is 21.1. The van der Waals surface area contributed by atoms with E-state index in [0.717, 1.165) is 26.1 Å². The molecule has 2 atom stereocenters. The number of aryl methyl sites for hydroxylation is 1. The smallest absolute Gasteiger partial charge is 0.224 e. The Hall–Kier alpha value is -2.21. The van der Waals surface area contributed by atoms with Gasteiger partial charge in [-0.3, -0.25) is 14.4 Å². The number of likely N-dealkylation sites (tertiary alicyclic amines) is 1. The predicted molar refractivity (Wildman–Crippen MR) is 96.9 cm³/mol. The molecule has 1 fully saturated rings. The number of nitrogens with zero attached hydrogens (tertiary/aromatic N) is 5. The molecule has 134 valence electrons. The summed E-state index contributed by atoms with van der Waals surface area (Å²) in [5.41, 5.74) is 1.34. The Morgan fingerprint density at radius 3 is 2.84 bits per heavy atom. The van der Waals surface area contributed by atoms with Crippen LogP contribution in [-0.2, 0) is 11.3 Å². The second-order valence-corrected chi connectivity index (χ2v) is 6.61. The van der Waals surface area contributed by atoms with E-state index in [1.807, 2.05) is 4.90 Å². The van der Waals surface area contributed by atoms with E-state index in [9.17, 15) is 4.79 Å². The number of rotatable bonds is 7. The van der Waals surface area contributed by atoms with Gasteiger partial charge in [-0.2, -0.15) is 5.10 Å². The first-order valence-corrected chi connectivity index (χ1v) is 9.10. The Morgan fingerprint density at radius 1 is 1.36 bits per heavy atom. The number of carbonyl (C=O) groups excluding carboxylic acids is 1. The zero-order valence-electron chi connectivity index (χ0n) is 15.1. The molecule has 0 radical (unpaired) electrons.